The molecule has 0 N–H and O–H groups in total. The van der Waals surface area contributed by atoms with Gasteiger partial charge in [0.1, 0.15) is 0 Å². The predicted molar refractivity (Wildman–Crippen MR) is 128 cm³/mol. The lowest BCUT2D eigenvalue weighted by Crippen LogP contribution is -2.57. The van der Waals surface area contributed by atoms with E-state index in [1.54, 1.807) is 0 Å². The van der Waals surface area contributed by atoms with Crippen LogP contribution >= 0.6 is 0 Å². The average molecular weight is 447 g/mol. The molecule has 7 atom stereocenters. The molecular formula is C25H42O3Si2. The van der Waals surface area contributed by atoms with Crippen LogP contribution in [0.1, 0.15) is 46.0 Å². The molecule has 0 spiro atoms. The van der Waals surface area contributed by atoms with Crippen molar-refractivity contribution in [3.8, 4) is 0 Å². The van der Waals surface area contributed by atoms with Crippen molar-refractivity contribution in [3.05, 3.63) is 23.8 Å². The van der Waals surface area contributed by atoms with Gasteiger partial charge in [0.2, 0.25) is 0 Å². The molecule has 30 heavy (non-hydrogen) atoms. The largest absolute Gasteiger partial charge is 0.414 e. The van der Waals surface area contributed by atoms with Crippen molar-refractivity contribution in [2.24, 2.45) is 28.6 Å². The molecule has 0 aromatic heterocycles. The van der Waals surface area contributed by atoms with Gasteiger partial charge in [0.05, 0.1) is 12.2 Å². The highest BCUT2D eigenvalue weighted by Gasteiger charge is 2.62. The topological polar surface area (TPSA) is 35.5 Å². The summed E-state index contributed by atoms with van der Waals surface area (Å²) in [6, 6.07) is 0. The number of fused-ring (bicyclic) bond motifs is 5. The molecule has 0 saturated heterocycles. The molecule has 5 heteroatoms. The highest BCUT2D eigenvalue weighted by Crippen LogP contribution is 2.65. The van der Waals surface area contributed by atoms with Crippen LogP contribution in [-0.2, 0) is 13.6 Å². The third-order valence-electron chi connectivity index (χ3n) is 8.47. The summed E-state index contributed by atoms with van der Waals surface area (Å²) in [6.07, 6.45) is 12.4. The lowest BCUT2D eigenvalue weighted by Gasteiger charge is -2.60. The van der Waals surface area contributed by atoms with Crippen LogP contribution in [0.3, 0.4) is 0 Å². The number of hydrogen-bond acceptors (Lipinski definition) is 3. The van der Waals surface area contributed by atoms with E-state index in [4.69, 9.17) is 8.85 Å². The van der Waals surface area contributed by atoms with Crippen LogP contribution in [0.15, 0.2) is 23.8 Å². The fourth-order valence-electron chi connectivity index (χ4n) is 7.29. The number of hydrogen-bond donors (Lipinski definition) is 0. The molecular weight excluding hydrogens is 404 g/mol. The van der Waals surface area contributed by atoms with Crippen molar-refractivity contribution in [2.75, 3.05) is 0 Å². The van der Waals surface area contributed by atoms with E-state index < -0.39 is 16.6 Å². The Hall–Kier alpha value is -0.496. The van der Waals surface area contributed by atoms with Crippen molar-refractivity contribution in [2.45, 2.75) is 97.4 Å². The second kappa shape index (κ2) is 7.26. The van der Waals surface area contributed by atoms with E-state index >= 15 is 0 Å². The SMILES string of the molecule is C[C@]12CC[C@H]3[C@@H]([C@@H](O[Si](C)(C)C)CC4=CC(=O)C=C[C@@]43C)[C@@H]1CC[C@@H]2O[Si](C)(C)C. The monoisotopic (exact) mass is 446 g/mol. The third kappa shape index (κ3) is 3.89. The smallest absolute Gasteiger partial charge is 0.184 e. The molecule has 0 heterocycles. The summed E-state index contributed by atoms with van der Waals surface area (Å²) in [5, 5.41) is 0. The van der Waals surface area contributed by atoms with Crippen LogP contribution < -0.4 is 0 Å². The zero-order chi connectivity index (χ0) is 22.1. The Morgan fingerprint density at radius 2 is 1.60 bits per heavy atom. The van der Waals surface area contributed by atoms with E-state index in [9.17, 15) is 4.79 Å². The molecule has 0 unspecified atom stereocenters. The second-order valence-electron chi connectivity index (χ2n) is 12.8. The molecule has 3 saturated carbocycles. The van der Waals surface area contributed by atoms with Crippen LogP contribution in [0.5, 0.6) is 0 Å². The maximum Gasteiger partial charge on any atom is 0.184 e. The second-order valence-corrected chi connectivity index (χ2v) is 21.7. The number of carbonyl (C=O) groups excluding carboxylic acids is 1. The molecule has 4 rings (SSSR count). The van der Waals surface area contributed by atoms with Gasteiger partial charge in [0.15, 0.2) is 22.4 Å². The van der Waals surface area contributed by atoms with Crippen molar-refractivity contribution >= 4 is 22.4 Å². The molecule has 4 aliphatic carbocycles. The Morgan fingerprint density at radius 3 is 2.23 bits per heavy atom. The van der Waals surface area contributed by atoms with Crippen LogP contribution in [0.25, 0.3) is 0 Å². The molecule has 0 aliphatic heterocycles. The first-order valence-corrected chi connectivity index (χ1v) is 18.8. The minimum atomic E-state index is -1.70. The third-order valence-corrected chi connectivity index (χ3v) is 10.5. The molecule has 0 bridgehead atoms. The molecule has 0 aromatic carbocycles. The van der Waals surface area contributed by atoms with Gasteiger partial charge in [0, 0.05) is 5.41 Å². The summed E-state index contributed by atoms with van der Waals surface area (Å²) in [6.45, 7) is 18.8. The van der Waals surface area contributed by atoms with Gasteiger partial charge in [-0.25, -0.2) is 0 Å². The van der Waals surface area contributed by atoms with Gasteiger partial charge in [-0.05, 0) is 107 Å². The summed E-state index contributed by atoms with van der Waals surface area (Å²) < 4.78 is 13.7. The lowest BCUT2D eigenvalue weighted by molar-refractivity contribution is -0.112. The molecule has 0 aromatic rings. The fourth-order valence-corrected chi connectivity index (χ4v) is 9.68. The van der Waals surface area contributed by atoms with Crippen molar-refractivity contribution in [1.29, 1.82) is 0 Å². The Balaban J connectivity index is 1.72. The normalized spacial score (nSPS) is 43.7. The number of allylic oxidation sites excluding steroid dienone is 3. The Morgan fingerprint density at radius 1 is 0.933 bits per heavy atom. The lowest BCUT2D eigenvalue weighted by atomic mass is 9.47. The number of rotatable bonds is 4. The zero-order valence-electron chi connectivity index (χ0n) is 20.4. The summed E-state index contributed by atoms with van der Waals surface area (Å²) in [7, 11) is -3.27. The predicted octanol–water partition coefficient (Wildman–Crippen LogP) is 6.34. The molecule has 4 aliphatic rings. The Labute approximate surface area is 185 Å². The molecule has 3 fully saturated rings. The van der Waals surface area contributed by atoms with Crippen LogP contribution in [0.4, 0.5) is 0 Å². The van der Waals surface area contributed by atoms with E-state index in [1.165, 1.54) is 31.3 Å². The molecule has 168 valence electrons. The Kier molecular flexibility index (Phi) is 5.49. The Bertz CT molecular complexity index is 774. The highest BCUT2D eigenvalue weighted by molar-refractivity contribution is 6.70. The first kappa shape index (κ1) is 22.7. The summed E-state index contributed by atoms with van der Waals surface area (Å²) in [4.78, 5) is 12.2. The maximum atomic E-state index is 12.2. The van der Waals surface area contributed by atoms with Gasteiger partial charge in [-0.1, -0.05) is 25.5 Å². The molecule has 0 amide bonds. The maximum absolute atomic E-state index is 12.2. The van der Waals surface area contributed by atoms with Crippen LogP contribution in [-0.4, -0.2) is 34.6 Å². The van der Waals surface area contributed by atoms with E-state index in [0.717, 1.165) is 6.42 Å². The highest BCUT2D eigenvalue weighted by atomic mass is 28.4. The summed E-state index contributed by atoms with van der Waals surface area (Å²) >= 11 is 0. The van der Waals surface area contributed by atoms with Crippen LogP contribution in [0, 0.1) is 28.6 Å². The van der Waals surface area contributed by atoms with E-state index in [0.29, 0.717) is 23.9 Å². The number of carbonyl (C=O) groups is 1. The molecule has 0 radical (unpaired) electrons. The van der Waals surface area contributed by atoms with Gasteiger partial charge in [-0.3, -0.25) is 4.79 Å². The minimum absolute atomic E-state index is 0.0108. The van der Waals surface area contributed by atoms with Gasteiger partial charge in [-0.2, -0.15) is 0 Å². The van der Waals surface area contributed by atoms with Gasteiger partial charge in [0.25, 0.3) is 0 Å². The van der Waals surface area contributed by atoms with Gasteiger partial charge in [-0.15, -0.1) is 0 Å². The van der Waals surface area contributed by atoms with Crippen molar-refractivity contribution < 1.29 is 13.6 Å². The van der Waals surface area contributed by atoms with Crippen LogP contribution in [0.2, 0.25) is 39.3 Å². The first-order chi connectivity index (χ1) is 13.7. The standard InChI is InChI=1S/C25H42O3Si2/c1-24-13-11-18(26)15-17(24)16-21(27-29(3,4)5)23-19-9-10-22(28-30(6,7)8)25(19,2)14-12-20(23)24/h11,13,15,19-23H,9-10,12,14,16H2,1-8H3/t19-,20-,21-,22-,23-,24-,25-/m0/s1. The average Bonchev–Trinajstić information content (AvgIpc) is 2.90. The number of ketones is 1. The fraction of sp³-hybridized carbons (Fsp3) is 0.800. The summed E-state index contributed by atoms with van der Waals surface area (Å²) in [5.41, 5.74) is 1.58. The van der Waals surface area contributed by atoms with E-state index in [2.05, 4.69) is 59.2 Å². The van der Waals surface area contributed by atoms with Crippen molar-refractivity contribution in [1.82, 2.24) is 0 Å². The van der Waals surface area contributed by atoms with Crippen molar-refractivity contribution in [3.63, 3.8) is 0 Å². The van der Waals surface area contributed by atoms with Gasteiger partial charge >= 0.3 is 0 Å². The quantitative estimate of drug-likeness (QED) is 0.472. The minimum Gasteiger partial charge on any atom is -0.414 e. The first-order valence-electron chi connectivity index (χ1n) is 12.0. The van der Waals surface area contributed by atoms with Gasteiger partial charge < -0.3 is 8.85 Å². The van der Waals surface area contributed by atoms with E-state index in [1.807, 2.05) is 12.2 Å². The molecule has 3 nitrogen and oxygen atoms in total. The summed E-state index contributed by atoms with van der Waals surface area (Å²) in [5.74, 6) is 1.93. The van der Waals surface area contributed by atoms with E-state index in [-0.39, 0.29) is 22.7 Å². The zero-order valence-corrected chi connectivity index (χ0v) is 22.4.